The van der Waals surface area contributed by atoms with E-state index in [0.717, 1.165) is 18.5 Å². The molecule has 1 aliphatic carbocycles. The lowest BCUT2D eigenvalue weighted by Crippen LogP contribution is -2.41. The lowest BCUT2D eigenvalue weighted by Gasteiger charge is -2.24. The topological polar surface area (TPSA) is 75.4 Å². The van der Waals surface area contributed by atoms with Crippen LogP contribution >= 0.6 is 0 Å². The van der Waals surface area contributed by atoms with Crippen molar-refractivity contribution in [2.45, 2.75) is 65.0 Å². The monoisotopic (exact) mass is 307 g/mol. The van der Waals surface area contributed by atoms with Gasteiger partial charge in [-0.15, -0.1) is 0 Å². The Bertz CT molecular complexity index is 580. The maximum atomic E-state index is 12.6. The van der Waals surface area contributed by atoms with Crippen LogP contribution in [0.5, 0.6) is 0 Å². The summed E-state index contributed by atoms with van der Waals surface area (Å²) >= 11 is 0. The van der Waals surface area contributed by atoms with Crippen LogP contribution in [0.1, 0.15) is 69.6 Å². The number of amides is 1. The molecule has 22 heavy (non-hydrogen) atoms. The van der Waals surface area contributed by atoms with Gasteiger partial charge in [0, 0.05) is 17.7 Å². The van der Waals surface area contributed by atoms with E-state index in [0.29, 0.717) is 11.6 Å². The molecular weight excluding hydrogens is 282 g/mol. The zero-order chi connectivity index (χ0) is 16.7. The first-order valence-corrected chi connectivity index (χ1v) is 7.74. The highest BCUT2D eigenvalue weighted by Gasteiger charge is 2.33. The fourth-order valence-corrected chi connectivity index (χ4v) is 2.49. The highest BCUT2D eigenvalue weighted by Crippen LogP contribution is 2.41. The van der Waals surface area contributed by atoms with Gasteiger partial charge < -0.3 is 10.0 Å². The van der Waals surface area contributed by atoms with Crippen LogP contribution in [-0.4, -0.2) is 44.3 Å². The molecule has 1 aromatic heterocycles. The van der Waals surface area contributed by atoms with Crippen molar-refractivity contribution in [2.24, 2.45) is 0 Å². The lowest BCUT2D eigenvalue weighted by atomic mass is 10.1. The molecule has 1 aliphatic rings. The van der Waals surface area contributed by atoms with E-state index in [-0.39, 0.29) is 24.0 Å². The number of carbonyl (C=O) groups excluding carboxylic acids is 1. The van der Waals surface area contributed by atoms with Crippen molar-refractivity contribution in [1.82, 2.24) is 14.7 Å². The molecule has 6 heteroatoms. The smallest absolute Gasteiger partial charge is 0.323 e. The Labute approximate surface area is 131 Å². The van der Waals surface area contributed by atoms with Gasteiger partial charge in [-0.2, -0.15) is 5.10 Å². The molecule has 0 bridgehead atoms. The summed E-state index contributed by atoms with van der Waals surface area (Å²) in [7, 11) is 0. The molecular formula is C16H25N3O3. The van der Waals surface area contributed by atoms with Crippen LogP contribution in [0, 0.1) is 0 Å². The number of aromatic nitrogens is 2. The molecule has 0 spiro atoms. The first-order chi connectivity index (χ1) is 10.1. The van der Waals surface area contributed by atoms with Crippen LogP contribution in [0.15, 0.2) is 6.07 Å². The zero-order valence-electron chi connectivity index (χ0n) is 14.0. The van der Waals surface area contributed by atoms with Crippen molar-refractivity contribution in [3.63, 3.8) is 0 Å². The Morgan fingerprint density at radius 1 is 1.41 bits per heavy atom. The molecule has 0 atom stereocenters. The second-order valence-corrected chi connectivity index (χ2v) is 7.23. The van der Waals surface area contributed by atoms with Crippen molar-refractivity contribution < 1.29 is 14.7 Å². The Hall–Kier alpha value is -1.85. The first kappa shape index (κ1) is 16.5. The third kappa shape index (κ3) is 3.48. The second kappa shape index (κ2) is 5.74. The Kier molecular flexibility index (Phi) is 4.31. The maximum absolute atomic E-state index is 12.6. The van der Waals surface area contributed by atoms with E-state index in [1.165, 1.54) is 4.90 Å². The quantitative estimate of drug-likeness (QED) is 0.906. The van der Waals surface area contributed by atoms with E-state index < -0.39 is 5.97 Å². The average molecular weight is 307 g/mol. The van der Waals surface area contributed by atoms with E-state index in [2.05, 4.69) is 25.9 Å². The Morgan fingerprint density at radius 2 is 2.00 bits per heavy atom. The summed E-state index contributed by atoms with van der Waals surface area (Å²) in [4.78, 5) is 25.0. The molecule has 1 amide bonds. The van der Waals surface area contributed by atoms with Gasteiger partial charge >= 0.3 is 5.97 Å². The van der Waals surface area contributed by atoms with E-state index in [9.17, 15) is 9.59 Å². The molecule has 0 aromatic carbocycles. The summed E-state index contributed by atoms with van der Waals surface area (Å²) in [5.74, 6) is -0.859. The number of carboxylic acids is 1. The van der Waals surface area contributed by atoms with Gasteiger partial charge in [-0.1, -0.05) is 0 Å². The molecule has 0 unspecified atom stereocenters. The summed E-state index contributed by atoms with van der Waals surface area (Å²) in [5.41, 5.74) is 1.22. The lowest BCUT2D eigenvalue weighted by molar-refractivity contribution is -0.138. The third-order valence-electron chi connectivity index (χ3n) is 3.78. The maximum Gasteiger partial charge on any atom is 0.323 e. The van der Waals surface area contributed by atoms with Crippen molar-refractivity contribution in [3.05, 3.63) is 17.5 Å². The standard InChI is InChI=1S/C16H25N3O3/c1-10(2)18(9-14(20)21)15(22)12-8-13(11-6-7-11)19(17-12)16(3,4)5/h8,10-11H,6-7,9H2,1-5H3,(H,20,21). The normalized spacial score (nSPS) is 15.2. The molecule has 0 saturated heterocycles. The van der Waals surface area contributed by atoms with Crippen LogP contribution in [-0.2, 0) is 10.3 Å². The Morgan fingerprint density at radius 3 is 2.41 bits per heavy atom. The van der Waals surface area contributed by atoms with Gasteiger partial charge in [0.15, 0.2) is 5.69 Å². The number of rotatable bonds is 5. The highest BCUT2D eigenvalue weighted by atomic mass is 16.4. The van der Waals surface area contributed by atoms with Crippen LogP contribution in [0.25, 0.3) is 0 Å². The van der Waals surface area contributed by atoms with E-state index >= 15 is 0 Å². The van der Waals surface area contributed by atoms with Gasteiger partial charge in [0.1, 0.15) is 6.54 Å². The summed E-state index contributed by atoms with van der Waals surface area (Å²) in [6.45, 7) is 9.47. The molecule has 122 valence electrons. The highest BCUT2D eigenvalue weighted by molar-refractivity contribution is 5.94. The minimum Gasteiger partial charge on any atom is -0.480 e. The van der Waals surface area contributed by atoms with Crippen LogP contribution < -0.4 is 0 Å². The minimum absolute atomic E-state index is 0.187. The molecule has 1 aromatic rings. The Balaban J connectivity index is 2.35. The van der Waals surface area contributed by atoms with E-state index in [1.54, 1.807) is 0 Å². The van der Waals surface area contributed by atoms with E-state index in [1.807, 2.05) is 24.6 Å². The molecule has 0 aliphatic heterocycles. The van der Waals surface area contributed by atoms with E-state index in [4.69, 9.17) is 5.11 Å². The van der Waals surface area contributed by atoms with Crippen LogP contribution in [0.2, 0.25) is 0 Å². The predicted molar refractivity (Wildman–Crippen MR) is 83.0 cm³/mol. The number of carbonyl (C=O) groups is 2. The van der Waals surface area contributed by atoms with Crippen molar-refractivity contribution >= 4 is 11.9 Å². The van der Waals surface area contributed by atoms with Gasteiger partial charge in [-0.3, -0.25) is 14.3 Å². The SMILES string of the molecule is CC(C)N(CC(=O)O)C(=O)c1cc(C2CC2)n(C(C)(C)C)n1. The largest absolute Gasteiger partial charge is 0.480 e. The number of aliphatic carboxylic acids is 1. The van der Waals surface area contributed by atoms with Gasteiger partial charge in [0.05, 0.1) is 5.54 Å². The fourth-order valence-electron chi connectivity index (χ4n) is 2.49. The number of carboxylic acid groups (broad SMARTS) is 1. The molecule has 0 radical (unpaired) electrons. The van der Waals surface area contributed by atoms with Crippen LogP contribution in [0.3, 0.4) is 0 Å². The zero-order valence-corrected chi connectivity index (χ0v) is 14.0. The molecule has 1 saturated carbocycles. The summed E-state index contributed by atoms with van der Waals surface area (Å²) in [6, 6.07) is 1.65. The van der Waals surface area contributed by atoms with Crippen molar-refractivity contribution in [2.75, 3.05) is 6.54 Å². The number of hydrogen-bond donors (Lipinski definition) is 1. The minimum atomic E-state index is -1.01. The average Bonchev–Trinajstić information content (AvgIpc) is 3.12. The summed E-state index contributed by atoms with van der Waals surface area (Å²) < 4.78 is 1.91. The third-order valence-corrected chi connectivity index (χ3v) is 3.78. The summed E-state index contributed by atoms with van der Waals surface area (Å²) in [5, 5.41) is 13.5. The van der Waals surface area contributed by atoms with Crippen molar-refractivity contribution in [3.8, 4) is 0 Å². The molecule has 1 N–H and O–H groups in total. The van der Waals surface area contributed by atoms with Gasteiger partial charge in [0.25, 0.3) is 5.91 Å². The number of nitrogens with zero attached hydrogens (tertiary/aromatic N) is 3. The summed E-state index contributed by atoms with van der Waals surface area (Å²) in [6.07, 6.45) is 2.25. The van der Waals surface area contributed by atoms with Gasteiger partial charge in [-0.25, -0.2) is 0 Å². The second-order valence-electron chi connectivity index (χ2n) is 7.23. The molecule has 1 fully saturated rings. The molecule has 6 nitrogen and oxygen atoms in total. The van der Waals surface area contributed by atoms with Gasteiger partial charge in [-0.05, 0) is 53.5 Å². The first-order valence-electron chi connectivity index (χ1n) is 7.74. The molecule has 2 rings (SSSR count). The number of hydrogen-bond acceptors (Lipinski definition) is 3. The van der Waals surface area contributed by atoms with Crippen molar-refractivity contribution in [1.29, 1.82) is 0 Å². The fraction of sp³-hybridized carbons (Fsp3) is 0.688. The predicted octanol–water partition coefficient (Wildman–Crippen LogP) is 2.45. The molecule has 1 heterocycles. The van der Waals surface area contributed by atoms with Crippen LogP contribution in [0.4, 0.5) is 0 Å². The van der Waals surface area contributed by atoms with Gasteiger partial charge in [0.2, 0.25) is 0 Å².